The van der Waals surface area contributed by atoms with Crippen molar-refractivity contribution < 1.29 is 14.3 Å². The van der Waals surface area contributed by atoms with Crippen molar-refractivity contribution in [3.05, 3.63) is 29.8 Å². The van der Waals surface area contributed by atoms with E-state index < -0.39 is 5.41 Å². The van der Waals surface area contributed by atoms with Crippen molar-refractivity contribution in [2.24, 2.45) is 5.41 Å². The molecule has 1 aliphatic carbocycles. The standard InChI is InChI=1S/C19H26N2O3/c1-14-5-7-16(8-6-14)21-11-15(2)20(12-17(21)22)18(23)19(13-24-3)9-4-10-19/h5-8,15H,4,9-13H2,1-3H3/t15-/m0/s1. The van der Waals surface area contributed by atoms with Crippen molar-refractivity contribution in [3.8, 4) is 0 Å². The molecule has 3 rings (SSSR count). The highest BCUT2D eigenvalue weighted by Gasteiger charge is 2.48. The summed E-state index contributed by atoms with van der Waals surface area (Å²) in [6.45, 7) is 5.18. The van der Waals surface area contributed by atoms with Crippen molar-refractivity contribution in [3.63, 3.8) is 0 Å². The molecule has 0 N–H and O–H groups in total. The lowest BCUT2D eigenvalue weighted by Crippen LogP contribution is -2.61. The molecule has 2 aliphatic rings. The molecular formula is C19H26N2O3. The second kappa shape index (κ2) is 6.55. The molecule has 24 heavy (non-hydrogen) atoms. The van der Waals surface area contributed by atoms with Crippen LogP contribution in [0.1, 0.15) is 31.7 Å². The number of anilines is 1. The Kier molecular flexibility index (Phi) is 4.63. The Morgan fingerprint density at radius 1 is 1.29 bits per heavy atom. The second-order valence-electron chi connectivity index (χ2n) is 7.19. The Bertz CT molecular complexity index is 622. The molecule has 2 amide bonds. The van der Waals surface area contributed by atoms with Gasteiger partial charge in [0.15, 0.2) is 0 Å². The number of hydrogen-bond donors (Lipinski definition) is 0. The van der Waals surface area contributed by atoms with Crippen LogP contribution < -0.4 is 4.90 Å². The van der Waals surface area contributed by atoms with Crippen LogP contribution in [0.25, 0.3) is 0 Å². The molecule has 0 unspecified atom stereocenters. The van der Waals surface area contributed by atoms with E-state index in [0.29, 0.717) is 13.2 Å². The molecular weight excluding hydrogens is 304 g/mol. The van der Waals surface area contributed by atoms with Gasteiger partial charge in [-0.25, -0.2) is 0 Å². The number of amides is 2. The molecule has 130 valence electrons. The first-order valence-electron chi connectivity index (χ1n) is 8.64. The van der Waals surface area contributed by atoms with Crippen molar-refractivity contribution >= 4 is 17.5 Å². The number of carbonyl (C=O) groups is 2. The van der Waals surface area contributed by atoms with Crippen LogP contribution in [0.5, 0.6) is 0 Å². The molecule has 1 saturated heterocycles. The number of aryl methyl sites for hydroxylation is 1. The lowest BCUT2D eigenvalue weighted by molar-refractivity contribution is -0.157. The highest BCUT2D eigenvalue weighted by molar-refractivity contribution is 5.99. The van der Waals surface area contributed by atoms with Crippen LogP contribution in [0.2, 0.25) is 0 Å². The number of carbonyl (C=O) groups excluding carboxylic acids is 2. The van der Waals surface area contributed by atoms with E-state index in [1.54, 1.807) is 16.9 Å². The van der Waals surface area contributed by atoms with Crippen molar-refractivity contribution in [2.45, 2.75) is 39.2 Å². The average Bonchev–Trinajstić information content (AvgIpc) is 2.53. The number of hydrogen-bond acceptors (Lipinski definition) is 3. The van der Waals surface area contributed by atoms with Gasteiger partial charge in [-0.3, -0.25) is 9.59 Å². The van der Waals surface area contributed by atoms with Crippen LogP contribution in [0, 0.1) is 12.3 Å². The van der Waals surface area contributed by atoms with Crippen molar-refractivity contribution in [1.82, 2.24) is 4.90 Å². The van der Waals surface area contributed by atoms with E-state index in [2.05, 4.69) is 0 Å². The largest absolute Gasteiger partial charge is 0.384 e. The van der Waals surface area contributed by atoms with Gasteiger partial charge in [-0.2, -0.15) is 0 Å². The van der Waals surface area contributed by atoms with E-state index in [1.807, 2.05) is 38.1 Å². The number of methoxy groups -OCH3 is 1. The first-order chi connectivity index (χ1) is 11.5. The number of benzene rings is 1. The van der Waals surface area contributed by atoms with Crippen LogP contribution in [0.15, 0.2) is 24.3 Å². The Morgan fingerprint density at radius 3 is 2.50 bits per heavy atom. The van der Waals surface area contributed by atoms with Crippen LogP contribution in [-0.2, 0) is 14.3 Å². The van der Waals surface area contributed by atoms with Gasteiger partial charge in [0.05, 0.1) is 12.0 Å². The summed E-state index contributed by atoms with van der Waals surface area (Å²) >= 11 is 0. The molecule has 0 aromatic heterocycles. The Hall–Kier alpha value is -1.88. The van der Waals surface area contributed by atoms with E-state index in [9.17, 15) is 9.59 Å². The van der Waals surface area contributed by atoms with Crippen LogP contribution in [-0.4, -0.2) is 49.6 Å². The van der Waals surface area contributed by atoms with E-state index in [-0.39, 0.29) is 24.4 Å². The Morgan fingerprint density at radius 2 is 1.96 bits per heavy atom. The first kappa shape index (κ1) is 17.0. The average molecular weight is 330 g/mol. The fourth-order valence-corrected chi connectivity index (χ4v) is 3.70. The fraction of sp³-hybridized carbons (Fsp3) is 0.579. The minimum atomic E-state index is -0.407. The zero-order valence-corrected chi connectivity index (χ0v) is 14.7. The van der Waals surface area contributed by atoms with Gasteiger partial charge in [0.2, 0.25) is 11.8 Å². The zero-order chi connectivity index (χ0) is 17.3. The van der Waals surface area contributed by atoms with Gasteiger partial charge in [0, 0.05) is 25.4 Å². The van der Waals surface area contributed by atoms with Gasteiger partial charge in [-0.05, 0) is 38.8 Å². The monoisotopic (exact) mass is 330 g/mol. The molecule has 1 aromatic carbocycles. The molecule has 1 saturated carbocycles. The summed E-state index contributed by atoms with van der Waals surface area (Å²) in [5.41, 5.74) is 1.66. The maximum absolute atomic E-state index is 13.0. The van der Waals surface area contributed by atoms with Gasteiger partial charge in [-0.15, -0.1) is 0 Å². The summed E-state index contributed by atoms with van der Waals surface area (Å²) < 4.78 is 5.28. The highest BCUT2D eigenvalue weighted by Crippen LogP contribution is 2.43. The van der Waals surface area contributed by atoms with Crippen LogP contribution >= 0.6 is 0 Å². The van der Waals surface area contributed by atoms with Gasteiger partial charge in [-0.1, -0.05) is 24.1 Å². The minimum absolute atomic E-state index is 0.00540. The summed E-state index contributed by atoms with van der Waals surface area (Å²) in [7, 11) is 1.64. The molecule has 1 atom stereocenters. The summed E-state index contributed by atoms with van der Waals surface area (Å²) in [5.74, 6) is 0.0669. The van der Waals surface area contributed by atoms with Gasteiger partial charge >= 0.3 is 0 Å². The Balaban J connectivity index is 1.74. The SMILES string of the molecule is COCC1(C(=O)N2CC(=O)N(c3ccc(C)cc3)C[C@@H]2C)CCC1. The minimum Gasteiger partial charge on any atom is -0.384 e. The molecule has 0 bridgehead atoms. The van der Waals surface area contributed by atoms with Gasteiger partial charge < -0.3 is 14.5 Å². The summed E-state index contributed by atoms with van der Waals surface area (Å²) in [6, 6.07) is 7.95. The Labute approximate surface area is 143 Å². The highest BCUT2D eigenvalue weighted by atomic mass is 16.5. The predicted molar refractivity (Wildman–Crippen MR) is 92.9 cm³/mol. The van der Waals surface area contributed by atoms with Gasteiger partial charge in [0.25, 0.3) is 0 Å². The summed E-state index contributed by atoms with van der Waals surface area (Å²) in [5, 5.41) is 0. The summed E-state index contributed by atoms with van der Waals surface area (Å²) in [4.78, 5) is 29.2. The second-order valence-corrected chi connectivity index (χ2v) is 7.19. The number of piperazine rings is 1. The van der Waals surface area contributed by atoms with Crippen molar-refractivity contribution in [1.29, 1.82) is 0 Å². The number of rotatable bonds is 4. The maximum atomic E-state index is 13.0. The smallest absolute Gasteiger partial charge is 0.246 e. The molecule has 5 nitrogen and oxygen atoms in total. The molecule has 1 aromatic rings. The van der Waals surface area contributed by atoms with E-state index in [1.165, 1.54) is 5.56 Å². The van der Waals surface area contributed by atoms with E-state index in [0.717, 1.165) is 24.9 Å². The lowest BCUT2D eigenvalue weighted by Gasteiger charge is -2.47. The number of ether oxygens (including phenoxy) is 1. The number of nitrogens with zero attached hydrogens (tertiary/aromatic N) is 2. The topological polar surface area (TPSA) is 49.9 Å². The normalized spacial score (nSPS) is 23.1. The summed E-state index contributed by atoms with van der Waals surface area (Å²) in [6.07, 6.45) is 2.78. The third-order valence-electron chi connectivity index (χ3n) is 5.38. The molecule has 2 fully saturated rings. The van der Waals surface area contributed by atoms with Crippen molar-refractivity contribution in [2.75, 3.05) is 31.7 Å². The lowest BCUT2D eigenvalue weighted by atomic mass is 9.68. The molecule has 0 spiro atoms. The van der Waals surface area contributed by atoms with Gasteiger partial charge in [0.1, 0.15) is 6.54 Å². The third-order valence-corrected chi connectivity index (χ3v) is 5.38. The van der Waals surface area contributed by atoms with Crippen LogP contribution in [0.4, 0.5) is 5.69 Å². The molecule has 0 radical (unpaired) electrons. The van der Waals surface area contributed by atoms with E-state index in [4.69, 9.17) is 4.74 Å². The molecule has 1 aliphatic heterocycles. The zero-order valence-electron chi connectivity index (χ0n) is 14.7. The first-order valence-corrected chi connectivity index (χ1v) is 8.64. The third kappa shape index (κ3) is 2.93. The quantitative estimate of drug-likeness (QED) is 0.852. The molecule has 1 heterocycles. The van der Waals surface area contributed by atoms with Crippen LogP contribution in [0.3, 0.4) is 0 Å². The fourth-order valence-electron chi connectivity index (χ4n) is 3.70. The molecule has 5 heteroatoms. The predicted octanol–water partition coefficient (Wildman–Crippen LogP) is 2.38. The van der Waals surface area contributed by atoms with E-state index >= 15 is 0 Å². The maximum Gasteiger partial charge on any atom is 0.246 e.